The number of hydrogen-bond donors (Lipinski definition) is 0. The van der Waals surface area contributed by atoms with E-state index in [0.29, 0.717) is 0 Å². The summed E-state index contributed by atoms with van der Waals surface area (Å²) in [6.45, 7) is 6.33. The Morgan fingerprint density at radius 3 is 0.963 bits per heavy atom. The molecule has 10 aromatic rings. The van der Waals surface area contributed by atoms with E-state index in [1.807, 2.05) is 0 Å². The van der Waals surface area contributed by atoms with Gasteiger partial charge in [-0.1, -0.05) is 109 Å². The van der Waals surface area contributed by atoms with Gasteiger partial charge in [-0.05, 0) is 142 Å². The average Bonchev–Trinajstić information content (AvgIpc) is 3.75. The van der Waals surface area contributed by atoms with Crippen LogP contribution in [0.25, 0.3) is 99.2 Å². The Bertz CT molecular complexity index is 2790. The van der Waals surface area contributed by atoms with Crippen LogP contribution in [0.1, 0.15) is 13.8 Å². The highest BCUT2D eigenvalue weighted by atomic mass is 15.0. The fourth-order valence-electron chi connectivity index (χ4n) is 8.66. The van der Waals surface area contributed by atoms with Gasteiger partial charge in [0, 0.05) is 56.7 Å². The first kappa shape index (κ1) is 32.0. The van der Waals surface area contributed by atoms with Crippen molar-refractivity contribution >= 4 is 43.6 Å². The molecule has 0 aliphatic rings. The molecule has 0 unspecified atom stereocenters. The molecule has 258 valence electrons. The maximum atomic E-state index is 2.42. The molecule has 10 rings (SSSR count). The van der Waals surface area contributed by atoms with E-state index in [2.05, 4.69) is 205 Å². The lowest BCUT2D eigenvalue weighted by Crippen LogP contribution is -1.93. The monoisotopic (exact) mass is 692 g/mol. The second-order valence-corrected chi connectivity index (χ2v) is 14.3. The number of rotatable bonds is 7. The molecule has 0 atom stereocenters. The van der Waals surface area contributed by atoms with E-state index in [-0.39, 0.29) is 0 Å². The fourth-order valence-corrected chi connectivity index (χ4v) is 8.66. The third-order valence-electron chi connectivity index (χ3n) is 11.3. The van der Waals surface area contributed by atoms with Gasteiger partial charge in [0.1, 0.15) is 0 Å². The molecule has 0 radical (unpaired) electrons. The number of aryl methyl sites for hydroxylation is 2. The Labute approximate surface area is 316 Å². The van der Waals surface area contributed by atoms with Crippen LogP contribution < -0.4 is 0 Å². The van der Waals surface area contributed by atoms with Gasteiger partial charge >= 0.3 is 0 Å². The van der Waals surface area contributed by atoms with Crippen LogP contribution in [0, 0.1) is 0 Å². The van der Waals surface area contributed by atoms with E-state index in [1.54, 1.807) is 0 Å². The van der Waals surface area contributed by atoms with E-state index < -0.39 is 0 Å². The smallest absolute Gasteiger partial charge is 0.0491 e. The summed E-state index contributed by atoms with van der Waals surface area (Å²) in [6, 6.07) is 67.4. The Morgan fingerprint density at radius 2 is 0.574 bits per heavy atom. The van der Waals surface area contributed by atoms with Crippen LogP contribution in [0.15, 0.2) is 182 Å². The number of aromatic nitrogens is 2. The van der Waals surface area contributed by atoms with Crippen molar-refractivity contribution in [3.05, 3.63) is 182 Å². The average molecular weight is 693 g/mol. The molecule has 0 saturated heterocycles. The molecule has 2 heterocycles. The molecular weight excluding hydrogens is 653 g/mol. The molecule has 0 aliphatic carbocycles. The van der Waals surface area contributed by atoms with Crippen molar-refractivity contribution < 1.29 is 0 Å². The summed E-state index contributed by atoms with van der Waals surface area (Å²) in [5, 5.41) is 5.19. The molecule has 2 aromatic heterocycles. The zero-order valence-corrected chi connectivity index (χ0v) is 30.6. The molecule has 0 saturated carbocycles. The SMILES string of the molecule is CCn1c2ccccc2c2cc(-c3cc(-c4ccccc4)cc(-c4cc(-c5ccccc5)cc(-c5ccc6c(c5)c5ccccc5n6CC)c4)c3)ccc21. The minimum absolute atomic E-state index is 0.935. The van der Waals surface area contributed by atoms with Gasteiger partial charge in [0.15, 0.2) is 0 Å². The van der Waals surface area contributed by atoms with Gasteiger partial charge < -0.3 is 9.13 Å². The van der Waals surface area contributed by atoms with Crippen LogP contribution in [-0.2, 0) is 13.1 Å². The largest absolute Gasteiger partial charge is 0.341 e. The van der Waals surface area contributed by atoms with Crippen LogP contribution in [0.3, 0.4) is 0 Å². The molecule has 8 aromatic carbocycles. The van der Waals surface area contributed by atoms with E-state index in [0.717, 1.165) is 13.1 Å². The first-order valence-electron chi connectivity index (χ1n) is 19.1. The van der Waals surface area contributed by atoms with Crippen LogP contribution in [0.5, 0.6) is 0 Å². The maximum absolute atomic E-state index is 2.42. The number of para-hydroxylation sites is 2. The molecular formula is C52H40N2. The summed E-state index contributed by atoms with van der Waals surface area (Å²) in [7, 11) is 0. The van der Waals surface area contributed by atoms with Gasteiger partial charge in [-0.3, -0.25) is 0 Å². The maximum Gasteiger partial charge on any atom is 0.0491 e. The Morgan fingerprint density at radius 1 is 0.259 bits per heavy atom. The summed E-state index contributed by atoms with van der Waals surface area (Å²) in [4.78, 5) is 0. The highest BCUT2D eigenvalue weighted by molar-refractivity contribution is 6.10. The number of hydrogen-bond acceptors (Lipinski definition) is 0. The van der Waals surface area contributed by atoms with Crippen molar-refractivity contribution in [1.82, 2.24) is 9.13 Å². The summed E-state index contributed by atoms with van der Waals surface area (Å²) in [6.07, 6.45) is 0. The van der Waals surface area contributed by atoms with Crippen molar-refractivity contribution in [2.24, 2.45) is 0 Å². The van der Waals surface area contributed by atoms with Crippen LogP contribution in [0.2, 0.25) is 0 Å². The quantitative estimate of drug-likeness (QED) is 0.157. The number of fused-ring (bicyclic) bond motifs is 6. The summed E-state index contributed by atoms with van der Waals surface area (Å²) in [5.41, 5.74) is 17.2. The predicted octanol–water partition coefficient (Wildman–Crippen LogP) is 14.3. The molecule has 0 fully saturated rings. The van der Waals surface area contributed by atoms with Crippen molar-refractivity contribution in [1.29, 1.82) is 0 Å². The van der Waals surface area contributed by atoms with E-state index in [1.165, 1.54) is 99.2 Å². The number of nitrogens with zero attached hydrogens (tertiary/aromatic N) is 2. The normalized spacial score (nSPS) is 11.7. The van der Waals surface area contributed by atoms with E-state index in [9.17, 15) is 0 Å². The second kappa shape index (κ2) is 13.1. The van der Waals surface area contributed by atoms with Gasteiger partial charge in [-0.2, -0.15) is 0 Å². The summed E-state index contributed by atoms with van der Waals surface area (Å²) >= 11 is 0. The summed E-state index contributed by atoms with van der Waals surface area (Å²) < 4.78 is 4.85. The highest BCUT2D eigenvalue weighted by Gasteiger charge is 2.16. The van der Waals surface area contributed by atoms with Gasteiger partial charge in [0.2, 0.25) is 0 Å². The second-order valence-electron chi connectivity index (χ2n) is 14.3. The number of benzene rings is 8. The van der Waals surface area contributed by atoms with Crippen molar-refractivity contribution in [3.63, 3.8) is 0 Å². The predicted molar refractivity (Wildman–Crippen MR) is 231 cm³/mol. The van der Waals surface area contributed by atoms with Crippen LogP contribution >= 0.6 is 0 Å². The molecule has 0 aliphatic heterocycles. The van der Waals surface area contributed by atoms with Crippen molar-refractivity contribution in [2.75, 3.05) is 0 Å². The molecule has 0 N–H and O–H groups in total. The Hall–Kier alpha value is -6.64. The molecule has 2 nitrogen and oxygen atoms in total. The van der Waals surface area contributed by atoms with E-state index >= 15 is 0 Å². The van der Waals surface area contributed by atoms with Crippen LogP contribution in [0.4, 0.5) is 0 Å². The van der Waals surface area contributed by atoms with Gasteiger partial charge in [0.25, 0.3) is 0 Å². The van der Waals surface area contributed by atoms with Gasteiger partial charge in [0.05, 0.1) is 0 Å². The zero-order valence-electron chi connectivity index (χ0n) is 30.6. The Kier molecular flexibility index (Phi) is 7.77. The van der Waals surface area contributed by atoms with Crippen LogP contribution in [-0.4, -0.2) is 9.13 Å². The standard InChI is InChI=1S/C52H40N2/c1-3-53-49-21-13-11-19-45(49)47-33-37(23-25-51(47)53)41-27-39(35-15-7-5-8-16-35)29-43(31-41)44-30-40(36-17-9-6-10-18-36)28-42(32-44)38-24-26-52-48(34-38)46-20-12-14-22-50(46)54(52)4-2/h5-34H,3-4H2,1-2H3. The molecule has 0 bridgehead atoms. The zero-order chi connectivity index (χ0) is 36.2. The van der Waals surface area contributed by atoms with Gasteiger partial charge in [-0.15, -0.1) is 0 Å². The topological polar surface area (TPSA) is 9.86 Å². The fraction of sp³-hybridized carbons (Fsp3) is 0.0769. The third kappa shape index (κ3) is 5.33. The molecule has 54 heavy (non-hydrogen) atoms. The minimum atomic E-state index is 0.935. The first-order chi connectivity index (χ1) is 26.7. The van der Waals surface area contributed by atoms with Crippen molar-refractivity contribution in [3.8, 4) is 55.6 Å². The third-order valence-corrected chi connectivity index (χ3v) is 11.3. The minimum Gasteiger partial charge on any atom is -0.341 e. The lowest BCUT2D eigenvalue weighted by molar-refractivity contribution is 0.827. The molecule has 0 amide bonds. The van der Waals surface area contributed by atoms with Gasteiger partial charge in [-0.25, -0.2) is 0 Å². The molecule has 2 heteroatoms. The molecule has 0 spiro atoms. The Balaban J connectivity index is 1.19. The van der Waals surface area contributed by atoms with Crippen molar-refractivity contribution in [2.45, 2.75) is 26.9 Å². The lowest BCUT2D eigenvalue weighted by atomic mass is 9.89. The summed E-state index contributed by atoms with van der Waals surface area (Å²) in [5.74, 6) is 0. The lowest BCUT2D eigenvalue weighted by Gasteiger charge is -2.15. The van der Waals surface area contributed by atoms with E-state index in [4.69, 9.17) is 0 Å². The first-order valence-corrected chi connectivity index (χ1v) is 19.1. The highest BCUT2D eigenvalue weighted by Crippen LogP contribution is 2.40.